The van der Waals surface area contributed by atoms with Gasteiger partial charge in [-0.15, -0.1) is 0 Å². The topological polar surface area (TPSA) is 91.0 Å². The molecule has 7 nitrogen and oxygen atoms in total. The number of anilines is 5. The number of hydrogen-bond donors (Lipinski definition) is 4. The smallest absolute Gasteiger partial charge is 0.229 e. The molecule has 5 rings (SSSR count). The minimum atomic E-state index is 0.0801. The van der Waals surface area contributed by atoms with Crippen molar-refractivity contribution in [2.45, 2.75) is 32.1 Å². The molecule has 1 aromatic heterocycles. The Balaban J connectivity index is 1.43. The van der Waals surface area contributed by atoms with Crippen LogP contribution < -0.4 is 21.3 Å². The molecule has 3 aromatic rings. The lowest BCUT2D eigenvalue weighted by atomic mass is 9.94. The Morgan fingerprint density at radius 3 is 2.79 bits per heavy atom. The lowest BCUT2D eigenvalue weighted by molar-refractivity contribution is -0.117. The summed E-state index contributed by atoms with van der Waals surface area (Å²) in [5.74, 6) is 1.52. The van der Waals surface area contributed by atoms with Gasteiger partial charge in [-0.1, -0.05) is 23.7 Å². The van der Waals surface area contributed by atoms with Crippen molar-refractivity contribution < 1.29 is 4.79 Å². The van der Waals surface area contributed by atoms with Crippen molar-refractivity contribution in [3.8, 4) is 0 Å². The average molecular weight is 463 g/mol. The summed E-state index contributed by atoms with van der Waals surface area (Å²) in [7, 11) is 0. The highest BCUT2D eigenvalue weighted by Crippen LogP contribution is 2.30. The van der Waals surface area contributed by atoms with E-state index in [-0.39, 0.29) is 5.91 Å². The van der Waals surface area contributed by atoms with Gasteiger partial charge in [0.1, 0.15) is 5.02 Å². The van der Waals surface area contributed by atoms with E-state index in [1.54, 1.807) is 6.20 Å². The van der Waals surface area contributed by atoms with E-state index in [0.29, 0.717) is 29.1 Å². The fraction of sp³-hybridized carbons (Fsp3) is 0.320. The largest absolute Gasteiger partial charge is 0.339 e. The van der Waals surface area contributed by atoms with Crippen LogP contribution in [0.4, 0.5) is 28.8 Å². The summed E-state index contributed by atoms with van der Waals surface area (Å²) in [6, 6.07) is 14.2. The van der Waals surface area contributed by atoms with Crippen molar-refractivity contribution in [1.82, 2.24) is 15.3 Å². The number of carbonyl (C=O) groups excluding carboxylic acids is 1. The molecule has 2 aromatic carbocycles. The second kappa shape index (κ2) is 9.77. The Bertz CT molecular complexity index is 1160. The zero-order valence-corrected chi connectivity index (χ0v) is 19.1. The first kappa shape index (κ1) is 21.7. The molecule has 1 fully saturated rings. The van der Waals surface area contributed by atoms with Gasteiger partial charge in [0.2, 0.25) is 11.9 Å². The first-order valence-corrected chi connectivity index (χ1v) is 11.8. The van der Waals surface area contributed by atoms with Crippen LogP contribution in [0.3, 0.4) is 0 Å². The first-order chi connectivity index (χ1) is 16.1. The molecule has 8 heteroatoms. The molecule has 33 heavy (non-hydrogen) atoms. The van der Waals surface area contributed by atoms with Crippen molar-refractivity contribution in [2.24, 2.45) is 5.92 Å². The van der Waals surface area contributed by atoms with Gasteiger partial charge in [-0.25, -0.2) is 4.98 Å². The zero-order chi connectivity index (χ0) is 22.6. The minimum absolute atomic E-state index is 0.0801. The van der Waals surface area contributed by atoms with E-state index in [9.17, 15) is 4.79 Å². The van der Waals surface area contributed by atoms with Crippen molar-refractivity contribution in [3.63, 3.8) is 0 Å². The summed E-state index contributed by atoms with van der Waals surface area (Å²) in [6.45, 7) is 1.98. The number of hydrogen-bond acceptors (Lipinski definition) is 6. The Kier molecular flexibility index (Phi) is 6.41. The monoisotopic (exact) mass is 462 g/mol. The average Bonchev–Trinajstić information content (AvgIpc) is 2.82. The first-order valence-electron chi connectivity index (χ1n) is 11.4. The van der Waals surface area contributed by atoms with Crippen LogP contribution >= 0.6 is 11.6 Å². The molecule has 0 unspecified atom stereocenters. The standard InChI is InChI=1S/C25H27ClN6O/c26-21-15-28-25-30-19-3-1-2-16(12-19)4-5-18-14-20(29-24(21)32-25)6-7-22(18)31-23(33)13-17-8-10-27-11-9-17/h1-3,6-7,12,14-15,17,27H,4-5,8-11,13H2,(H,31,33)(H2,28,29,30,32). The van der Waals surface area contributed by atoms with Crippen molar-refractivity contribution in [1.29, 1.82) is 0 Å². The summed E-state index contributed by atoms with van der Waals surface area (Å²) >= 11 is 6.35. The van der Waals surface area contributed by atoms with Gasteiger partial charge in [-0.3, -0.25) is 4.79 Å². The Hall–Kier alpha value is -3.16. The second-order valence-electron chi connectivity index (χ2n) is 8.66. The molecule has 0 saturated carbocycles. The Morgan fingerprint density at radius 1 is 1.06 bits per heavy atom. The van der Waals surface area contributed by atoms with Gasteiger partial charge in [0, 0.05) is 23.5 Å². The minimum Gasteiger partial charge on any atom is -0.339 e. The van der Waals surface area contributed by atoms with Crippen LogP contribution in [0, 0.1) is 5.92 Å². The van der Waals surface area contributed by atoms with Crippen LogP contribution in [-0.4, -0.2) is 29.0 Å². The fourth-order valence-electron chi connectivity index (χ4n) is 4.41. The fourth-order valence-corrected chi connectivity index (χ4v) is 4.55. The number of amides is 1. The van der Waals surface area contributed by atoms with Crippen molar-refractivity contribution in [2.75, 3.05) is 29.0 Å². The van der Waals surface area contributed by atoms with E-state index in [2.05, 4.69) is 49.4 Å². The number of carbonyl (C=O) groups is 1. The van der Waals surface area contributed by atoms with Gasteiger partial charge in [0.15, 0.2) is 5.82 Å². The number of benzene rings is 2. The number of fused-ring (bicyclic) bond motifs is 6. The highest BCUT2D eigenvalue weighted by molar-refractivity contribution is 6.32. The summed E-state index contributed by atoms with van der Waals surface area (Å²) in [6.07, 6.45) is 5.88. The van der Waals surface area contributed by atoms with E-state index < -0.39 is 0 Å². The van der Waals surface area contributed by atoms with E-state index in [0.717, 1.165) is 61.4 Å². The molecule has 4 N–H and O–H groups in total. The van der Waals surface area contributed by atoms with E-state index in [1.165, 1.54) is 5.56 Å². The Morgan fingerprint density at radius 2 is 1.91 bits per heavy atom. The van der Waals surface area contributed by atoms with Crippen molar-refractivity contribution in [3.05, 3.63) is 64.8 Å². The maximum absolute atomic E-state index is 12.8. The molecule has 2 aliphatic rings. The number of nitrogens with zero attached hydrogens (tertiary/aromatic N) is 2. The van der Waals surface area contributed by atoms with Crippen LogP contribution in [0.5, 0.6) is 0 Å². The van der Waals surface area contributed by atoms with Gasteiger partial charge in [0.25, 0.3) is 0 Å². The molecule has 1 saturated heterocycles. The van der Waals surface area contributed by atoms with Crippen molar-refractivity contribution >= 4 is 46.3 Å². The third kappa shape index (κ3) is 5.43. The SMILES string of the molecule is O=C(CC1CCNCC1)Nc1ccc2cc1CCc1cccc(c1)Nc1ncc(Cl)c(n1)N2. The molecular weight excluding hydrogens is 436 g/mol. The molecule has 3 heterocycles. The van der Waals surface area contributed by atoms with Crippen LogP contribution in [-0.2, 0) is 17.6 Å². The van der Waals surface area contributed by atoms with Gasteiger partial charge in [-0.2, -0.15) is 4.98 Å². The molecular formula is C25H27ClN6O. The number of aryl methyl sites for hydroxylation is 2. The van der Waals surface area contributed by atoms with E-state index in [4.69, 9.17) is 11.6 Å². The quantitative estimate of drug-likeness (QED) is 0.435. The Labute approximate surface area is 198 Å². The normalized spacial score (nSPS) is 15.8. The van der Waals surface area contributed by atoms with Gasteiger partial charge < -0.3 is 21.3 Å². The predicted octanol–water partition coefficient (Wildman–Crippen LogP) is 5.04. The lowest BCUT2D eigenvalue weighted by Gasteiger charge is -2.22. The van der Waals surface area contributed by atoms with Gasteiger partial charge >= 0.3 is 0 Å². The molecule has 0 radical (unpaired) electrons. The third-order valence-electron chi connectivity index (χ3n) is 6.19. The predicted molar refractivity (Wildman–Crippen MR) is 133 cm³/mol. The van der Waals surface area contributed by atoms with E-state index >= 15 is 0 Å². The third-order valence-corrected chi connectivity index (χ3v) is 6.46. The second-order valence-corrected chi connectivity index (χ2v) is 9.07. The molecule has 0 aliphatic carbocycles. The number of rotatable bonds is 3. The number of piperidine rings is 1. The number of aromatic nitrogens is 2. The highest BCUT2D eigenvalue weighted by Gasteiger charge is 2.18. The number of nitrogens with one attached hydrogen (secondary N) is 4. The van der Waals surface area contributed by atoms with Crippen LogP contribution in [0.25, 0.3) is 0 Å². The van der Waals surface area contributed by atoms with Gasteiger partial charge in [0.05, 0.1) is 6.20 Å². The molecule has 2 aliphatic heterocycles. The zero-order valence-electron chi connectivity index (χ0n) is 18.3. The van der Waals surface area contributed by atoms with Crippen LogP contribution in [0.1, 0.15) is 30.4 Å². The lowest BCUT2D eigenvalue weighted by Crippen LogP contribution is -2.30. The summed E-state index contributed by atoms with van der Waals surface area (Å²) < 4.78 is 0. The molecule has 6 bridgehead atoms. The number of halogens is 1. The van der Waals surface area contributed by atoms with Gasteiger partial charge in [-0.05, 0) is 86.1 Å². The maximum Gasteiger partial charge on any atom is 0.229 e. The molecule has 0 spiro atoms. The summed E-state index contributed by atoms with van der Waals surface area (Å²) in [5.41, 5.74) is 4.90. The summed E-state index contributed by atoms with van der Waals surface area (Å²) in [5, 5.41) is 13.5. The molecule has 1 amide bonds. The van der Waals surface area contributed by atoms with E-state index in [1.807, 2.05) is 24.3 Å². The summed E-state index contributed by atoms with van der Waals surface area (Å²) in [4.78, 5) is 21.6. The highest BCUT2D eigenvalue weighted by atomic mass is 35.5. The molecule has 170 valence electrons. The maximum atomic E-state index is 12.8. The van der Waals surface area contributed by atoms with Crippen LogP contribution in [0.2, 0.25) is 5.02 Å². The molecule has 0 atom stereocenters. The van der Waals surface area contributed by atoms with Crippen LogP contribution in [0.15, 0.2) is 48.7 Å².